The third-order valence-corrected chi connectivity index (χ3v) is 6.70. The van der Waals surface area contributed by atoms with E-state index in [1.54, 1.807) is 0 Å². The van der Waals surface area contributed by atoms with Crippen molar-refractivity contribution < 1.29 is 19.2 Å². The van der Waals surface area contributed by atoms with Crippen molar-refractivity contribution in [3.8, 4) is 0 Å². The van der Waals surface area contributed by atoms with Crippen molar-refractivity contribution in [1.29, 1.82) is 0 Å². The highest BCUT2D eigenvalue weighted by Crippen LogP contribution is 2.60. The molecule has 5 aliphatic rings. The first-order valence-corrected chi connectivity index (χ1v) is 8.70. The first-order valence-electron chi connectivity index (χ1n) is 8.70. The first kappa shape index (κ1) is 14.4. The van der Waals surface area contributed by atoms with Gasteiger partial charge in [-0.15, -0.1) is 0 Å². The molecule has 0 unspecified atom stereocenters. The number of ether oxygens (including phenoxy) is 2. The average Bonchev–Trinajstić information content (AvgIpc) is 2.69. The lowest BCUT2D eigenvalue weighted by molar-refractivity contribution is -0.571. The van der Waals surface area contributed by atoms with Crippen molar-refractivity contribution in [1.82, 2.24) is 0 Å². The van der Waals surface area contributed by atoms with Crippen molar-refractivity contribution >= 4 is 0 Å². The lowest BCUT2D eigenvalue weighted by Crippen LogP contribution is -2.70. The number of hydrogen-bond acceptors (Lipinski definition) is 4. The molecule has 5 rings (SSSR count). The molecule has 0 radical (unpaired) electrons. The largest absolute Gasteiger partial charge is 0.346 e. The summed E-state index contributed by atoms with van der Waals surface area (Å²) in [5.41, 5.74) is -0.390. The van der Waals surface area contributed by atoms with Crippen LogP contribution in [0.2, 0.25) is 0 Å². The zero-order valence-electron chi connectivity index (χ0n) is 13.6. The van der Waals surface area contributed by atoms with E-state index in [0.29, 0.717) is 23.7 Å². The predicted molar refractivity (Wildman–Crippen MR) is 77.1 cm³/mol. The van der Waals surface area contributed by atoms with Crippen LogP contribution in [-0.4, -0.2) is 23.8 Å². The Morgan fingerprint density at radius 2 is 1.86 bits per heavy atom. The van der Waals surface area contributed by atoms with E-state index >= 15 is 0 Å². The van der Waals surface area contributed by atoms with Crippen molar-refractivity contribution in [2.45, 2.75) is 83.6 Å². The molecule has 2 bridgehead atoms. The number of hydrogen-bond donors (Lipinski definition) is 0. The summed E-state index contributed by atoms with van der Waals surface area (Å²) in [7, 11) is 0. The van der Waals surface area contributed by atoms with Crippen LogP contribution in [0.15, 0.2) is 0 Å². The van der Waals surface area contributed by atoms with E-state index in [0.717, 1.165) is 19.3 Å². The molecule has 0 aromatic rings. The maximum absolute atomic E-state index is 6.38. The van der Waals surface area contributed by atoms with Gasteiger partial charge in [-0.3, -0.25) is 0 Å². The fourth-order valence-electron chi connectivity index (χ4n) is 5.45. The third kappa shape index (κ3) is 1.82. The molecule has 0 amide bonds. The molecule has 0 N–H and O–H groups in total. The van der Waals surface area contributed by atoms with Gasteiger partial charge in [-0.05, 0) is 50.4 Å². The van der Waals surface area contributed by atoms with Gasteiger partial charge < -0.3 is 9.47 Å². The van der Waals surface area contributed by atoms with Gasteiger partial charge in [0, 0.05) is 12.3 Å². The van der Waals surface area contributed by atoms with Crippen LogP contribution in [0.5, 0.6) is 0 Å². The maximum Gasteiger partial charge on any atom is 0.201 e. The minimum absolute atomic E-state index is 0.266. The minimum atomic E-state index is -0.642. The second-order valence-corrected chi connectivity index (χ2v) is 7.85. The summed E-state index contributed by atoms with van der Waals surface area (Å²) in [6.07, 6.45) is 5.51. The Morgan fingerprint density at radius 3 is 2.62 bits per heavy atom. The van der Waals surface area contributed by atoms with E-state index in [1.807, 2.05) is 6.92 Å². The normalized spacial score (nSPS) is 59.4. The summed E-state index contributed by atoms with van der Waals surface area (Å²) in [6, 6.07) is 0. The number of rotatable bonds is 1. The van der Waals surface area contributed by atoms with Crippen LogP contribution in [0, 0.1) is 23.7 Å². The minimum Gasteiger partial charge on any atom is -0.346 e. The molecule has 0 aromatic heterocycles. The van der Waals surface area contributed by atoms with Gasteiger partial charge in [0.25, 0.3) is 0 Å². The van der Waals surface area contributed by atoms with Crippen LogP contribution in [0.4, 0.5) is 0 Å². The predicted octanol–water partition coefficient (Wildman–Crippen LogP) is 3.65. The molecule has 21 heavy (non-hydrogen) atoms. The Balaban J connectivity index is 1.79. The zero-order chi connectivity index (χ0) is 14.8. The highest BCUT2D eigenvalue weighted by Gasteiger charge is 2.69. The summed E-state index contributed by atoms with van der Waals surface area (Å²) in [6.45, 7) is 8.86. The molecule has 8 atom stereocenters. The summed E-state index contributed by atoms with van der Waals surface area (Å²) in [5.74, 6) is 1.45. The van der Waals surface area contributed by atoms with E-state index in [2.05, 4.69) is 20.8 Å². The van der Waals surface area contributed by atoms with E-state index in [9.17, 15) is 0 Å². The molecule has 4 nitrogen and oxygen atoms in total. The SMILES string of the molecule is CC[C@H]1O[C@@H]2O[C@@]3(C)CC[C@H]4[C@H](C)CC[C@H]([C@H]1C)[C@@]24OO3. The first-order chi connectivity index (χ1) is 10.00. The van der Waals surface area contributed by atoms with Crippen molar-refractivity contribution in [3.63, 3.8) is 0 Å². The molecule has 4 heterocycles. The van der Waals surface area contributed by atoms with Gasteiger partial charge in [-0.2, -0.15) is 0 Å². The van der Waals surface area contributed by atoms with Gasteiger partial charge in [0.05, 0.1) is 6.10 Å². The van der Waals surface area contributed by atoms with Gasteiger partial charge in [-0.1, -0.05) is 20.8 Å². The Labute approximate surface area is 127 Å². The monoisotopic (exact) mass is 296 g/mol. The fourth-order valence-corrected chi connectivity index (χ4v) is 5.45. The molecular weight excluding hydrogens is 268 g/mol. The molecule has 1 aliphatic carbocycles. The Kier molecular flexibility index (Phi) is 3.21. The van der Waals surface area contributed by atoms with Gasteiger partial charge in [-0.25, -0.2) is 9.78 Å². The molecule has 1 saturated carbocycles. The van der Waals surface area contributed by atoms with Crippen LogP contribution >= 0.6 is 0 Å². The van der Waals surface area contributed by atoms with Crippen LogP contribution in [0.3, 0.4) is 0 Å². The summed E-state index contributed by atoms with van der Waals surface area (Å²) < 4.78 is 12.7. The van der Waals surface area contributed by atoms with Crippen LogP contribution in [0.1, 0.15) is 59.8 Å². The second kappa shape index (κ2) is 4.67. The van der Waals surface area contributed by atoms with Crippen LogP contribution < -0.4 is 0 Å². The van der Waals surface area contributed by atoms with Gasteiger partial charge in [0.15, 0.2) is 11.9 Å². The Bertz CT molecular complexity index is 427. The molecule has 4 aliphatic heterocycles. The molecule has 120 valence electrons. The van der Waals surface area contributed by atoms with Crippen LogP contribution in [0.25, 0.3) is 0 Å². The summed E-state index contributed by atoms with van der Waals surface area (Å²) >= 11 is 0. The molecular formula is C17H28O4. The molecule has 5 fully saturated rings. The third-order valence-electron chi connectivity index (χ3n) is 6.70. The van der Waals surface area contributed by atoms with Gasteiger partial charge in [0.2, 0.25) is 5.79 Å². The van der Waals surface area contributed by atoms with E-state index in [4.69, 9.17) is 19.2 Å². The topological polar surface area (TPSA) is 36.9 Å². The zero-order valence-corrected chi connectivity index (χ0v) is 13.6. The Morgan fingerprint density at radius 1 is 1.05 bits per heavy atom. The van der Waals surface area contributed by atoms with Crippen molar-refractivity contribution in [3.05, 3.63) is 0 Å². The van der Waals surface area contributed by atoms with Crippen molar-refractivity contribution in [2.75, 3.05) is 0 Å². The molecule has 4 heteroatoms. The fraction of sp³-hybridized carbons (Fsp3) is 1.00. The lowest BCUT2D eigenvalue weighted by Gasteiger charge is -2.60. The van der Waals surface area contributed by atoms with E-state index in [-0.39, 0.29) is 12.4 Å². The Hall–Kier alpha value is -0.160. The molecule has 4 saturated heterocycles. The summed E-state index contributed by atoms with van der Waals surface area (Å²) in [5, 5.41) is 0. The number of fused-ring (bicyclic) bond motifs is 2. The smallest absolute Gasteiger partial charge is 0.201 e. The quantitative estimate of drug-likeness (QED) is 0.692. The van der Waals surface area contributed by atoms with E-state index in [1.165, 1.54) is 12.8 Å². The molecule has 1 spiro atoms. The van der Waals surface area contributed by atoms with E-state index < -0.39 is 11.4 Å². The lowest BCUT2D eigenvalue weighted by atomic mass is 9.57. The highest BCUT2D eigenvalue weighted by molar-refractivity contribution is 5.09. The second-order valence-electron chi connectivity index (χ2n) is 7.85. The highest BCUT2D eigenvalue weighted by atomic mass is 17.3. The average molecular weight is 296 g/mol. The van der Waals surface area contributed by atoms with Gasteiger partial charge in [0.1, 0.15) is 0 Å². The van der Waals surface area contributed by atoms with Crippen molar-refractivity contribution in [2.24, 2.45) is 23.7 Å². The maximum atomic E-state index is 6.38. The van der Waals surface area contributed by atoms with Crippen LogP contribution in [-0.2, 0) is 19.2 Å². The van der Waals surface area contributed by atoms with Gasteiger partial charge >= 0.3 is 0 Å². The molecule has 0 aromatic carbocycles. The summed E-state index contributed by atoms with van der Waals surface area (Å²) in [4.78, 5) is 11.9. The standard InChI is InChI=1S/C17H28O4/c1-5-14-11(3)13-7-6-10(2)12-8-9-16(4)19-15(18-14)17(12,13)21-20-16/h10-15H,5-9H2,1-4H3/t10-,11-,12+,13-,14-,15-,16-,17-/m1/s1.